The molecule has 0 atom stereocenters. The summed E-state index contributed by atoms with van der Waals surface area (Å²) in [5.41, 5.74) is 1.11. The van der Waals surface area contributed by atoms with E-state index in [-0.39, 0.29) is 11.1 Å². The second kappa shape index (κ2) is 4.18. The highest BCUT2D eigenvalue weighted by Crippen LogP contribution is 2.20. The summed E-state index contributed by atoms with van der Waals surface area (Å²) in [5.74, 6) is -0.527. The molecule has 0 radical (unpaired) electrons. The zero-order valence-electron chi connectivity index (χ0n) is 8.99. The molecule has 5 heteroatoms. The summed E-state index contributed by atoms with van der Waals surface area (Å²) >= 11 is 0. The molecule has 2 rings (SSSR count). The summed E-state index contributed by atoms with van der Waals surface area (Å²) in [6.45, 7) is 1.60. The molecule has 84 valence electrons. The minimum atomic E-state index is -0.527. The number of halogens is 1. The van der Waals surface area contributed by atoms with Gasteiger partial charge in [0, 0.05) is 11.1 Å². The van der Waals surface area contributed by atoms with Crippen LogP contribution >= 0.6 is 0 Å². The van der Waals surface area contributed by atoms with E-state index in [0.717, 1.165) is 6.07 Å². The maximum absolute atomic E-state index is 13.3. The first-order valence-corrected chi connectivity index (χ1v) is 4.87. The van der Waals surface area contributed by atoms with E-state index in [9.17, 15) is 9.18 Å². The van der Waals surface area contributed by atoms with Crippen LogP contribution in [0.15, 0.2) is 29.3 Å². The van der Waals surface area contributed by atoms with E-state index < -0.39 is 5.82 Å². The van der Waals surface area contributed by atoms with Gasteiger partial charge in [0.05, 0.1) is 23.7 Å². The van der Waals surface area contributed by atoms with E-state index in [4.69, 9.17) is 5.26 Å². The van der Waals surface area contributed by atoms with Crippen molar-refractivity contribution in [2.24, 2.45) is 0 Å². The van der Waals surface area contributed by atoms with Crippen molar-refractivity contribution in [3.63, 3.8) is 0 Å². The van der Waals surface area contributed by atoms with Gasteiger partial charge in [-0.25, -0.2) is 9.37 Å². The average molecular weight is 229 g/mol. The van der Waals surface area contributed by atoms with Crippen molar-refractivity contribution in [2.75, 3.05) is 0 Å². The maximum atomic E-state index is 13.3. The predicted molar refractivity (Wildman–Crippen MR) is 59.7 cm³/mol. The van der Waals surface area contributed by atoms with E-state index in [0.29, 0.717) is 16.8 Å². The minimum Gasteiger partial charge on any atom is -0.313 e. The number of hydrogen-bond acceptors (Lipinski definition) is 3. The molecule has 0 bridgehead atoms. The summed E-state index contributed by atoms with van der Waals surface area (Å²) in [7, 11) is 0. The Bertz CT molecular complexity index is 670. The summed E-state index contributed by atoms with van der Waals surface area (Å²) in [6.07, 6.45) is 1.25. The van der Waals surface area contributed by atoms with Crippen molar-refractivity contribution in [3.05, 3.63) is 51.8 Å². The van der Waals surface area contributed by atoms with Crippen LogP contribution < -0.4 is 5.56 Å². The molecule has 1 aromatic carbocycles. The fourth-order valence-electron chi connectivity index (χ4n) is 1.55. The smallest absolute Gasteiger partial charge is 0.254 e. The minimum absolute atomic E-state index is 0.196. The van der Waals surface area contributed by atoms with Crippen LogP contribution in [-0.2, 0) is 0 Å². The molecule has 0 amide bonds. The first-order chi connectivity index (χ1) is 8.11. The van der Waals surface area contributed by atoms with Crippen LogP contribution in [0.4, 0.5) is 4.39 Å². The van der Waals surface area contributed by atoms with Crippen LogP contribution in [-0.4, -0.2) is 9.97 Å². The van der Waals surface area contributed by atoms with Crippen molar-refractivity contribution in [1.82, 2.24) is 9.97 Å². The second-order valence-corrected chi connectivity index (χ2v) is 3.55. The second-order valence-electron chi connectivity index (χ2n) is 3.55. The molecular formula is C12H8FN3O. The number of nitrogens with one attached hydrogen (secondary N) is 1. The van der Waals surface area contributed by atoms with Crippen molar-refractivity contribution >= 4 is 0 Å². The lowest BCUT2D eigenvalue weighted by Gasteiger charge is -2.04. The van der Waals surface area contributed by atoms with Gasteiger partial charge in [0.1, 0.15) is 5.82 Å². The van der Waals surface area contributed by atoms with Gasteiger partial charge in [0.25, 0.3) is 5.56 Å². The molecule has 0 unspecified atom stereocenters. The molecule has 0 saturated heterocycles. The van der Waals surface area contributed by atoms with Gasteiger partial charge < -0.3 is 4.98 Å². The number of nitriles is 1. The van der Waals surface area contributed by atoms with E-state index in [1.54, 1.807) is 6.92 Å². The molecule has 1 N–H and O–H groups in total. The van der Waals surface area contributed by atoms with Crippen molar-refractivity contribution in [3.8, 4) is 17.3 Å². The predicted octanol–water partition coefficient (Wildman–Crippen LogP) is 1.76. The van der Waals surface area contributed by atoms with Crippen LogP contribution in [0.2, 0.25) is 0 Å². The number of aromatic nitrogens is 2. The van der Waals surface area contributed by atoms with Gasteiger partial charge in [-0.15, -0.1) is 0 Å². The van der Waals surface area contributed by atoms with Crippen LogP contribution in [0, 0.1) is 24.1 Å². The topological polar surface area (TPSA) is 69.5 Å². The molecular weight excluding hydrogens is 221 g/mol. The van der Waals surface area contributed by atoms with E-state index >= 15 is 0 Å². The highest BCUT2D eigenvalue weighted by molar-refractivity contribution is 5.64. The monoisotopic (exact) mass is 229 g/mol. The number of H-pyrrole nitrogens is 1. The molecule has 0 aliphatic rings. The fraction of sp³-hybridized carbons (Fsp3) is 0.0833. The molecule has 2 aromatic rings. The third-order valence-corrected chi connectivity index (χ3v) is 2.39. The molecule has 0 spiro atoms. The molecule has 0 saturated carbocycles. The first-order valence-electron chi connectivity index (χ1n) is 4.87. The number of aromatic amines is 1. The standard InChI is InChI=1S/C12H8FN3O/c1-7-11(15-6-16-12(7)17)9-2-8(5-14)3-10(13)4-9/h2-4,6H,1H3,(H,15,16,17). The molecule has 17 heavy (non-hydrogen) atoms. The van der Waals surface area contributed by atoms with E-state index in [1.807, 2.05) is 6.07 Å². The quantitative estimate of drug-likeness (QED) is 0.809. The Morgan fingerprint density at radius 3 is 2.88 bits per heavy atom. The first kappa shape index (κ1) is 11.0. The Hall–Kier alpha value is -2.48. The molecule has 1 heterocycles. The lowest BCUT2D eigenvalue weighted by molar-refractivity contribution is 0.627. The zero-order chi connectivity index (χ0) is 12.4. The van der Waals surface area contributed by atoms with Crippen LogP contribution in [0.1, 0.15) is 11.1 Å². The van der Waals surface area contributed by atoms with Gasteiger partial charge in [-0.1, -0.05) is 0 Å². The van der Waals surface area contributed by atoms with Gasteiger partial charge in [-0.3, -0.25) is 4.79 Å². The SMILES string of the molecule is Cc1c(-c2cc(F)cc(C#N)c2)nc[nH]c1=O. The third-order valence-electron chi connectivity index (χ3n) is 2.39. The maximum Gasteiger partial charge on any atom is 0.254 e. The Morgan fingerprint density at radius 2 is 2.18 bits per heavy atom. The molecule has 0 aliphatic carbocycles. The van der Waals surface area contributed by atoms with Crippen molar-refractivity contribution in [1.29, 1.82) is 5.26 Å². The molecule has 0 aliphatic heterocycles. The lowest BCUT2D eigenvalue weighted by atomic mass is 10.1. The van der Waals surface area contributed by atoms with Crippen LogP contribution in [0.3, 0.4) is 0 Å². The van der Waals surface area contributed by atoms with E-state index in [2.05, 4.69) is 9.97 Å². The fourth-order valence-corrected chi connectivity index (χ4v) is 1.55. The Labute approximate surface area is 96.4 Å². The van der Waals surface area contributed by atoms with Gasteiger partial charge in [0.2, 0.25) is 0 Å². The summed E-state index contributed by atoms with van der Waals surface area (Å²) < 4.78 is 13.3. The summed E-state index contributed by atoms with van der Waals surface area (Å²) in [4.78, 5) is 17.8. The summed E-state index contributed by atoms with van der Waals surface area (Å²) in [5, 5.41) is 8.75. The third kappa shape index (κ3) is 2.06. The Balaban J connectivity index is 2.69. The molecule has 4 nitrogen and oxygen atoms in total. The lowest BCUT2D eigenvalue weighted by Crippen LogP contribution is -2.11. The van der Waals surface area contributed by atoms with Crippen LogP contribution in [0.5, 0.6) is 0 Å². The van der Waals surface area contributed by atoms with Gasteiger partial charge in [-0.05, 0) is 25.1 Å². The zero-order valence-corrected chi connectivity index (χ0v) is 8.99. The normalized spacial score (nSPS) is 9.94. The van der Waals surface area contributed by atoms with Crippen LogP contribution in [0.25, 0.3) is 11.3 Å². The van der Waals surface area contributed by atoms with Gasteiger partial charge in [-0.2, -0.15) is 5.26 Å². The van der Waals surface area contributed by atoms with E-state index in [1.165, 1.54) is 18.5 Å². The highest BCUT2D eigenvalue weighted by Gasteiger charge is 2.09. The Morgan fingerprint density at radius 1 is 1.41 bits per heavy atom. The number of nitrogens with zero attached hydrogens (tertiary/aromatic N) is 2. The number of rotatable bonds is 1. The van der Waals surface area contributed by atoms with Crippen molar-refractivity contribution < 1.29 is 4.39 Å². The average Bonchev–Trinajstić information content (AvgIpc) is 2.31. The highest BCUT2D eigenvalue weighted by atomic mass is 19.1. The van der Waals surface area contributed by atoms with Crippen molar-refractivity contribution in [2.45, 2.75) is 6.92 Å². The molecule has 0 fully saturated rings. The summed E-state index contributed by atoms with van der Waals surface area (Å²) in [6, 6.07) is 5.73. The van der Waals surface area contributed by atoms with Gasteiger partial charge >= 0.3 is 0 Å². The largest absolute Gasteiger partial charge is 0.313 e. The Kier molecular flexibility index (Phi) is 2.71. The van der Waals surface area contributed by atoms with Gasteiger partial charge in [0.15, 0.2) is 0 Å². The molecule has 1 aromatic heterocycles. The number of hydrogen-bond donors (Lipinski definition) is 1. The number of benzene rings is 1.